The van der Waals surface area contributed by atoms with Crippen LogP contribution in [-0.4, -0.2) is 43.2 Å². The van der Waals surface area contributed by atoms with Gasteiger partial charge in [-0.1, -0.05) is 11.6 Å². The Morgan fingerprint density at radius 2 is 2.10 bits per heavy atom. The van der Waals surface area contributed by atoms with E-state index in [1.807, 2.05) is 6.92 Å². The summed E-state index contributed by atoms with van der Waals surface area (Å²) in [6.07, 6.45) is -3.48. The lowest BCUT2D eigenvalue weighted by Gasteiger charge is -2.29. The smallest absolute Gasteiger partial charge is 0.315 e. The predicted molar refractivity (Wildman–Crippen MR) is 108 cm³/mol. The van der Waals surface area contributed by atoms with Crippen LogP contribution in [0.25, 0.3) is 5.69 Å². The number of nitrogens with one attached hydrogen (secondary N) is 1. The molecule has 1 N–H and O–H groups in total. The zero-order valence-corrected chi connectivity index (χ0v) is 17.7. The number of amides is 2. The van der Waals surface area contributed by atoms with Crippen LogP contribution in [0, 0.1) is 6.92 Å². The molecule has 11 heteroatoms. The zero-order valence-electron chi connectivity index (χ0n) is 16.1. The normalized spacial score (nSPS) is 23.7. The number of hydrogen-bond donors (Lipinski definition) is 1. The van der Waals surface area contributed by atoms with E-state index < -0.39 is 28.6 Å². The highest BCUT2D eigenvalue weighted by Gasteiger charge is 2.53. The van der Waals surface area contributed by atoms with Gasteiger partial charge in [0.05, 0.1) is 26.8 Å². The van der Waals surface area contributed by atoms with Gasteiger partial charge in [0.15, 0.2) is 0 Å². The number of halogens is 4. The van der Waals surface area contributed by atoms with Gasteiger partial charge < -0.3 is 10.2 Å². The molecule has 2 atom stereocenters. The van der Waals surface area contributed by atoms with Crippen molar-refractivity contribution in [1.82, 2.24) is 14.7 Å². The fourth-order valence-corrected chi connectivity index (χ4v) is 5.48. The first-order valence-corrected chi connectivity index (χ1v) is 10.6. The second-order valence-electron chi connectivity index (χ2n) is 7.50. The molecule has 2 saturated heterocycles. The van der Waals surface area contributed by atoms with Crippen molar-refractivity contribution in [1.29, 1.82) is 0 Å². The molecule has 2 aliphatic rings. The number of nitrogens with zero attached hydrogens (tertiary/aromatic N) is 3. The number of fused-ring (bicyclic) bond motifs is 1. The monoisotopic (exact) mass is 458 g/mol. The van der Waals surface area contributed by atoms with Crippen molar-refractivity contribution in [2.24, 2.45) is 0 Å². The molecule has 30 heavy (non-hydrogen) atoms. The number of benzene rings is 1. The molecule has 2 aliphatic heterocycles. The van der Waals surface area contributed by atoms with Crippen molar-refractivity contribution < 1.29 is 22.8 Å². The molecule has 1 aromatic carbocycles. The molecule has 4 rings (SSSR count). The molecule has 1 aromatic heterocycles. The van der Waals surface area contributed by atoms with E-state index in [0.29, 0.717) is 24.3 Å². The van der Waals surface area contributed by atoms with Gasteiger partial charge in [0.1, 0.15) is 11.9 Å². The Bertz CT molecular complexity index is 1040. The summed E-state index contributed by atoms with van der Waals surface area (Å²) in [4.78, 5) is 26.5. The minimum atomic E-state index is -4.55. The summed E-state index contributed by atoms with van der Waals surface area (Å²) in [5.41, 5.74) is -0.391. The number of hydrogen-bond acceptors (Lipinski definition) is 4. The first kappa shape index (κ1) is 21.0. The van der Waals surface area contributed by atoms with Crippen LogP contribution < -0.4 is 5.32 Å². The summed E-state index contributed by atoms with van der Waals surface area (Å²) < 4.78 is 40.6. The summed E-state index contributed by atoms with van der Waals surface area (Å²) in [6, 6.07) is 3.80. The highest BCUT2D eigenvalue weighted by molar-refractivity contribution is 8.01. The summed E-state index contributed by atoms with van der Waals surface area (Å²) in [7, 11) is 0. The Kier molecular flexibility index (Phi) is 5.05. The third-order valence-corrected chi connectivity index (χ3v) is 7.16. The van der Waals surface area contributed by atoms with Crippen LogP contribution in [0.2, 0.25) is 5.02 Å². The molecular weight excluding hydrogens is 441 g/mol. The topological polar surface area (TPSA) is 67.2 Å². The minimum Gasteiger partial charge on any atom is -0.315 e. The van der Waals surface area contributed by atoms with Crippen molar-refractivity contribution in [2.45, 2.75) is 43.8 Å². The SMILES string of the molecule is Cc1cc(NC(=O)C2CSC3(C)CCC(=O)N23)n(-c2cc(C(F)(F)F)ccc2Cl)n1. The van der Waals surface area contributed by atoms with Gasteiger partial charge in [-0.15, -0.1) is 11.8 Å². The van der Waals surface area contributed by atoms with Gasteiger partial charge in [-0.25, -0.2) is 4.68 Å². The van der Waals surface area contributed by atoms with Crippen LogP contribution in [-0.2, 0) is 15.8 Å². The first-order chi connectivity index (χ1) is 14.0. The van der Waals surface area contributed by atoms with Crippen molar-refractivity contribution >= 4 is 41.0 Å². The molecule has 2 fully saturated rings. The van der Waals surface area contributed by atoms with Crippen LogP contribution >= 0.6 is 23.4 Å². The lowest BCUT2D eigenvalue weighted by Crippen LogP contribution is -2.48. The maximum absolute atomic E-state index is 13.2. The lowest BCUT2D eigenvalue weighted by atomic mass is 10.2. The molecule has 3 heterocycles. The number of thioether (sulfide) groups is 1. The number of carbonyl (C=O) groups is 2. The number of aromatic nitrogens is 2. The van der Waals surface area contributed by atoms with Gasteiger partial charge in [-0.2, -0.15) is 18.3 Å². The number of alkyl halides is 3. The highest BCUT2D eigenvalue weighted by atomic mass is 35.5. The van der Waals surface area contributed by atoms with Crippen LogP contribution in [0.1, 0.15) is 31.0 Å². The quantitative estimate of drug-likeness (QED) is 0.747. The van der Waals surface area contributed by atoms with Gasteiger partial charge in [-0.05, 0) is 38.5 Å². The Hall–Kier alpha value is -2.20. The van der Waals surface area contributed by atoms with E-state index >= 15 is 0 Å². The van der Waals surface area contributed by atoms with E-state index in [1.165, 1.54) is 4.68 Å². The Morgan fingerprint density at radius 1 is 1.37 bits per heavy atom. The third kappa shape index (κ3) is 3.56. The number of aryl methyl sites for hydroxylation is 1. The molecule has 0 aliphatic carbocycles. The van der Waals surface area contributed by atoms with Crippen molar-refractivity contribution in [3.63, 3.8) is 0 Å². The molecule has 160 valence electrons. The van der Waals surface area contributed by atoms with Gasteiger partial charge in [0.2, 0.25) is 11.8 Å². The number of anilines is 1. The van der Waals surface area contributed by atoms with Crippen molar-refractivity contribution in [3.8, 4) is 5.69 Å². The summed E-state index contributed by atoms with van der Waals surface area (Å²) in [5.74, 6) is 0.147. The average Bonchev–Trinajstić information content (AvgIpc) is 3.27. The molecule has 2 aromatic rings. The Balaban J connectivity index is 1.65. The van der Waals surface area contributed by atoms with Crippen molar-refractivity contribution in [3.05, 3.63) is 40.5 Å². The maximum atomic E-state index is 13.2. The Labute approximate surface area is 179 Å². The molecule has 0 saturated carbocycles. The highest BCUT2D eigenvalue weighted by Crippen LogP contribution is 2.47. The summed E-state index contributed by atoms with van der Waals surface area (Å²) >= 11 is 7.69. The fraction of sp³-hybridized carbons (Fsp3) is 0.421. The molecule has 0 spiro atoms. The molecule has 0 bridgehead atoms. The summed E-state index contributed by atoms with van der Waals surface area (Å²) in [6.45, 7) is 3.59. The van der Waals surface area contributed by atoms with E-state index in [1.54, 1.807) is 29.7 Å². The zero-order chi connectivity index (χ0) is 21.8. The molecule has 2 amide bonds. The van der Waals surface area contributed by atoms with Gasteiger partial charge in [0.25, 0.3) is 0 Å². The van der Waals surface area contributed by atoms with E-state index in [4.69, 9.17) is 11.6 Å². The average molecular weight is 459 g/mol. The maximum Gasteiger partial charge on any atom is 0.416 e. The van der Waals surface area contributed by atoms with Gasteiger partial charge >= 0.3 is 6.18 Å². The van der Waals surface area contributed by atoms with E-state index in [2.05, 4.69) is 10.4 Å². The second kappa shape index (κ2) is 7.19. The van der Waals surface area contributed by atoms with Crippen LogP contribution in [0.15, 0.2) is 24.3 Å². The molecule has 0 radical (unpaired) electrons. The van der Waals surface area contributed by atoms with Crippen LogP contribution in [0.3, 0.4) is 0 Å². The third-order valence-electron chi connectivity index (χ3n) is 5.33. The molecular formula is C19H18ClF3N4O2S. The molecule has 6 nitrogen and oxygen atoms in total. The van der Waals surface area contributed by atoms with Crippen LogP contribution in [0.4, 0.5) is 19.0 Å². The lowest BCUT2D eigenvalue weighted by molar-refractivity contribution is -0.137. The van der Waals surface area contributed by atoms with E-state index in [9.17, 15) is 22.8 Å². The molecule has 2 unspecified atom stereocenters. The van der Waals surface area contributed by atoms with E-state index in [0.717, 1.165) is 18.2 Å². The second-order valence-corrected chi connectivity index (χ2v) is 9.41. The summed E-state index contributed by atoms with van der Waals surface area (Å²) in [5, 5.41) is 6.98. The Morgan fingerprint density at radius 3 is 2.80 bits per heavy atom. The number of rotatable bonds is 3. The van der Waals surface area contributed by atoms with Crippen molar-refractivity contribution in [2.75, 3.05) is 11.1 Å². The fourth-order valence-electron chi connectivity index (χ4n) is 3.85. The largest absolute Gasteiger partial charge is 0.416 e. The minimum absolute atomic E-state index is 0.00206. The standard InChI is InChI=1S/C19H18ClF3N4O2S/c1-10-7-15(24-17(29)14-9-30-18(2)6-5-16(28)26(14)18)27(25-10)13-8-11(19(21,22)23)3-4-12(13)20/h3-4,7-8,14H,5-6,9H2,1-2H3,(H,24,29). The van der Waals surface area contributed by atoms with Gasteiger partial charge in [0, 0.05) is 18.2 Å². The van der Waals surface area contributed by atoms with E-state index in [-0.39, 0.29) is 22.4 Å². The van der Waals surface area contributed by atoms with Gasteiger partial charge in [-0.3, -0.25) is 9.59 Å². The first-order valence-electron chi connectivity index (χ1n) is 9.20. The number of carbonyl (C=O) groups excluding carboxylic acids is 2. The predicted octanol–water partition coefficient (Wildman–Crippen LogP) is 4.25. The van der Waals surface area contributed by atoms with Crippen LogP contribution in [0.5, 0.6) is 0 Å².